The topological polar surface area (TPSA) is 150 Å². The van der Waals surface area contributed by atoms with Gasteiger partial charge in [-0.25, -0.2) is 23.5 Å². The molecule has 1 aromatic carbocycles. The quantitative estimate of drug-likeness (QED) is 0.357. The number of amides is 2. The lowest BCUT2D eigenvalue weighted by molar-refractivity contribution is 0.0503. The van der Waals surface area contributed by atoms with E-state index in [9.17, 15) is 23.5 Å². The van der Waals surface area contributed by atoms with Crippen LogP contribution in [0.4, 0.5) is 25.5 Å². The number of benzene rings is 1. The number of nitrogens with one attached hydrogen (secondary N) is 1. The molecule has 258 valence electrons. The van der Waals surface area contributed by atoms with Gasteiger partial charge in [0.25, 0.3) is 5.91 Å². The summed E-state index contributed by atoms with van der Waals surface area (Å²) in [6, 6.07) is 3.16. The van der Waals surface area contributed by atoms with Crippen molar-refractivity contribution in [1.29, 1.82) is 0 Å². The van der Waals surface area contributed by atoms with Gasteiger partial charge in [0.1, 0.15) is 22.8 Å². The minimum absolute atomic E-state index is 0.0118. The molecule has 15 heteroatoms. The zero-order valence-corrected chi connectivity index (χ0v) is 27.8. The third-order valence-corrected chi connectivity index (χ3v) is 8.81. The number of carbonyl (C=O) groups excluding carboxylic acids is 2. The molecule has 2 atom stereocenters. The molecule has 13 nitrogen and oxygen atoms in total. The smallest absolute Gasteiger partial charge is 0.407 e. The highest BCUT2D eigenvalue weighted by atomic mass is 19.1. The van der Waals surface area contributed by atoms with E-state index in [4.69, 9.17) is 9.26 Å². The monoisotopic (exact) mass is 668 g/mol. The van der Waals surface area contributed by atoms with Crippen LogP contribution in [0.15, 0.2) is 35.1 Å². The van der Waals surface area contributed by atoms with Crippen LogP contribution in [-0.2, 0) is 10.3 Å². The fourth-order valence-corrected chi connectivity index (χ4v) is 6.34. The highest BCUT2D eigenvalue weighted by Gasteiger charge is 2.41. The van der Waals surface area contributed by atoms with Gasteiger partial charge in [0.15, 0.2) is 0 Å². The maximum atomic E-state index is 14.9. The Morgan fingerprint density at radius 1 is 1.00 bits per heavy atom. The molecule has 6 rings (SSSR count). The summed E-state index contributed by atoms with van der Waals surface area (Å²) in [5, 5.41) is 16.9. The van der Waals surface area contributed by atoms with Crippen molar-refractivity contribution < 1.29 is 32.7 Å². The molecule has 2 saturated heterocycles. The summed E-state index contributed by atoms with van der Waals surface area (Å²) in [6.07, 6.45) is 5.61. The average Bonchev–Trinajstić information content (AvgIpc) is 3.55. The number of hydrogen-bond donors (Lipinski definition) is 2. The van der Waals surface area contributed by atoms with Crippen molar-refractivity contribution in [2.24, 2.45) is 0 Å². The van der Waals surface area contributed by atoms with Gasteiger partial charge in [-0.05, 0) is 84.1 Å². The first-order valence-corrected chi connectivity index (χ1v) is 16.3. The van der Waals surface area contributed by atoms with Crippen LogP contribution in [0, 0.1) is 11.6 Å². The molecule has 48 heavy (non-hydrogen) atoms. The second kappa shape index (κ2) is 12.9. The first kappa shape index (κ1) is 33.5. The van der Waals surface area contributed by atoms with Crippen molar-refractivity contribution in [2.75, 3.05) is 36.0 Å². The van der Waals surface area contributed by atoms with Gasteiger partial charge < -0.3 is 34.4 Å². The lowest BCUT2D eigenvalue weighted by Gasteiger charge is -2.38. The second-order valence-corrected chi connectivity index (χ2v) is 14.3. The number of anilines is 2. The number of hydrogen-bond acceptors (Lipinski definition) is 11. The molecule has 1 saturated carbocycles. The third-order valence-electron chi connectivity index (χ3n) is 8.81. The standard InChI is InChI=1S/C33H42F2N8O5/c1-32(2,3)47-31(45)38-26-18-42(17-24(26)23-14-20(34)6-9-25(23)35)29-36-15-19(16-37-29)27(44)43(21-7-8-21)22-10-12-41(13-11-22)30-39-28(40-48-30)33(4,5)46/h6,9,14-16,21-22,24,26,46H,7-8,10-13,17-18H2,1-5H3,(H,38,45)/t24-,26+/m1/s1. The maximum absolute atomic E-state index is 14.9. The van der Waals surface area contributed by atoms with Crippen LogP contribution in [0.5, 0.6) is 0 Å². The summed E-state index contributed by atoms with van der Waals surface area (Å²) < 4.78 is 39.9. The number of carbonyl (C=O) groups is 2. The number of halogens is 2. The number of ether oxygens (including phenoxy) is 1. The summed E-state index contributed by atoms with van der Waals surface area (Å²) >= 11 is 0. The van der Waals surface area contributed by atoms with Crippen LogP contribution in [0.3, 0.4) is 0 Å². The molecule has 3 aromatic rings. The van der Waals surface area contributed by atoms with Gasteiger partial charge in [0.2, 0.25) is 11.8 Å². The van der Waals surface area contributed by atoms with Gasteiger partial charge >= 0.3 is 12.1 Å². The molecule has 2 amide bonds. The number of aliphatic hydroxyl groups is 1. The zero-order chi connectivity index (χ0) is 34.4. The fraction of sp³-hybridized carbons (Fsp3) is 0.576. The van der Waals surface area contributed by atoms with Gasteiger partial charge in [-0.15, -0.1) is 0 Å². The Hall–Kier alpha value is -4.40. The van der Waals surface area contributed by atoms with E-state index in [1.165, 1.54) is 12.4 Å². The van der Waals surface area contributed by atoms with Crippen molar-refractivity contribution in [3.8, 4) is 0 Å². The molecule has 0 unspecified atom stereocenters. The Kier molecular flexibility index (Phi) is 9.00. The van der Waals surface area contributed by atoms with Crippen molar-refractivity contribution in [2.45, 2.75) is 95.5 Å². The Balaban J connectivity index is 1.14. The largest absolute Gasteiger partial charge is 0.444 e. The van der Waals surface area contributed by atoms with Crippen molar-refractivity contribution in [3.05, 3.63) is 59.2 Å². The van der Waals surface area contributed by atoms with Gasteiger partial charge in [0.05, 0.1) is 11.6 Å². The van der Waals surface area contributed by atoms with E-state index in [1.54, 1.807) is 39.5 Å². The van der Waals surface area contributed by atoms with Crippen molar-refractivity contribution in [3.63, 3.8) is 0 Å². The molecule has 2 aromatic heterocycles. The van der Waals surface area contributed by atoms with Gasteiger partial charge in [-0.1, -0.05) is 5.16 Å². The van der Waals surface area contributed by atoms with Crippen LogP contribution in [0.25, 0.3) is 0 Å². The van der Waals surface area contributed by atoms with Gasteiger partial charge in [-0.2, -0.15) is 4.98 Å². The first-order valence-electron chi connectivity index (χ1n) is 16.3. The number of rotatable bonds is 8. The van der Waals surface area contributed by atoms with E-state index in [-0.39, 0.29) is 42.5 Å². The van der Waals surface area contributed by atoms with E-state index >= 15 is 0 Å². The van der Waals surface area contributed by atoms with E-state index in [0.29, 0.717) is 43.5 Å². The molecule has 0 spiro atoms. The predicted molar refractivity (Wildman–Crippen MR) is 170 cm³/mol. The molecule has 2 N–H and O–H groups in total. The zero-order valence-electron chi connectivity index (χ0n) is 27.8. The maximum Gasteiger partial charge on any atom is 0.407 e. The SMILES string of the molecule is CC(C)(C)OC(=O)N[C@H]1CN(c2ncc(C(=O)N(C3CC3)C3CCN(c4nc(C(C)(C)O)no4)CC3)cn2)C[C@@H]1c1cc(F)ccc1F. The molecule has 2 aliphatic heterocycles. The summed E-state index contributed by atoms with van der Waals surface area (Å²) in [5.74, 6) is -1.39. The number of nitrogens with zero attached hydrogens (tertiary/aromatic N) is 7. The average molecular weight is 669 g/mol. The van der Waals surface area contributed by atoms with E-state index in [1.807, 2.05) is 9.80 Å². The highest BCUT2D eigenvalue weighted by molar-refractivity contribution is 5.94. The van der Waals surface area contributed by atoms with Crippen LogP contribution in [0.1, 0.15) is 88.0 Å². The normalized spacial score (nSPS) is 20.6. The van der Waals surface area contributed by atoms with E-state index < -0.39 is 40.9 Å². The minimum Gasteiger partial charge on any atom is -0.444 e. The third kappa shape index (κ3) is 7.50. The van der Waals surface area contributed by atoms with E-state index in [0.717, 1.165) is 31.0 Å². The molecule has 0 bridgehead atoms. The number of aromatic nitrogens is 4. The molecule has 0 radical (unpaired) electrons. The van der Waals surface area contributed by atoms with Gasteiger partial charge in [0, 0.05) is 56.6 Å². The summed E-state index contributed by atoms with van der Waals surface area (Å²) in [4.78, 5) is 45.5. The second-order valence-electron chi connectivity index (χ2n) is 14.3. The number of alkyl carbamates (subject to hydrolysis) is 1. The number of piperidine rings is 1. The lowest BCUT2D eigenvalue weighted by atomic mass is 9.94. The predicted octanol–water partition coefficient (Wildman–Crippen LogP) is 4.14. The Morgan fingerprint density at radius 3 is 2.27 bits per heavy atom. The Labute approximate surface area is 277 Å². The first-order chi connectivity index (χ1) is 22.7. The van der Waals surface area contributed by atoms with E-state index in [2.05, 4.69) is 25.4 Å². The highest BCUT2D eigenvalue weighted by Crippen LogP contribution is 2.35. The molecule has 4 heterocycles. The molecule has 1 aliphatic carbocycles. The lowest BCUT2D eigenvalue weighted by Crippen LogP contribution is -2.48. The van der Waals surface area contributed by atoms with Crippen LogP contribution in [0.2, 0.25) is 0 Å². The molecule has 3 fully saturated rings. The Morgan fingerprint density at radius 2 is 1.67 bits per heavy atom. The molecular weight excluding hydrogens is 626 g/mol. The van der Waals surface area contributed by atoms with Crippen LogP contribution < -0.4 is 15.1 Å². The van der Waals surface area contributed by atoms with Crippen LogP contribution >= 0.6 is 0 Å². The van der Waals surface area contributed by atoms with Crippen molar-refractivity contribution in [1.82, 2.24) is 30.3 Å². The molecule has 3 aliphatic rings. The fourth-order valence-electron chi connectivity index (χ4n) is 6.34. The van der Waals surface area contributed by atoms with Gasteiger partial charge in [-0.3, -0.25) is 4.79 Å². The summed E-state index contributed by atoms with van der Waals surface area (Å²) in [6.45, 7) is 10.1. The van der Waals surface area contributed by atoms with Crippen LogP contribution in [-0.4, -0.2) is 92.0 Å². The molecular formula is C33H42F2N8O5. The Bertz CT molecular complexity index is 1630. The van der Waals surface area contributed by atoms with Crippen molar-refractivity contribution >= 4 is 24.0 Å². The minimum atomic E-state index is -1.21. The summed E-state index contributed by atoms with van der Waals surface area (Å²) in [5.41, 5.74) is -1.46. The summed E-state index contributed by atoms with van der Waals surface area (Å²) in [7, 11) is 0.